The Morgan fingerprint density at radius 3 is 2.40 bits per heavy atom. The number of aliphatic hydroxyl groups excluding tert-OH is 1. The maximum Gasteiger partial charge on any atom is 0.282 e. The first-order valence-electron chi connectivity index (χ1n) is 11.2. The predicted molar refractivity (Wildman–Crippen MR) is 127 cm³/mol. The van der Waals surface area contributed by atoms with Gasteiger partial charge in [-0.15, -0.1) is 0 Å². The zero-order chi connectivity index (χ0) is 24.5. The molecule has 1 unspecified atom stereocenters. The second kappa shape index (κ2) is 9.31. The van der Waals surface area contributed by atoms with Crippen LogP contribution in [-0.2, 0) is 6.42 Å². The Morgan fingerprint density at radius 2 is 1.74 bits per heavy atom. The van der Waals surface area contributed by atoms with Crippen LogP contribution in [0.2, 0.25) is 0 Å². The second-order valence-electron chi connectivity index (χ2n) is 8.27. The van der Waals surface area contributed by atoms with E-state index >= 15 is 0 Å². The number of nitrogens with zero attached hydrogens (tertiary/aromatic N) is 3. The Bertz CT molecular complexity index is 1350. The van der Waals surface area contributed by atoms with Gasteiger partial charge in [0.2, 0.25) is 0 Å². The van der Waals surface area contributed by atoms with Crippen LogP contribution in [0.5, 0.6) is 5.75 Å². The van der Waals surface area contributed by atoms with Gasteiger partial charge in [0.1, 0.15) is 11.4 Å². The molecule has 0 saturated heterocycles. The average molecular weight is 475 g/mol. The number of methoxy groups -OCH3 is 1. The number of halogens is 2. The van der Waals surface area contributed by atoms with Crippen molar-refractivity contribution in [2.75, 3.05) is 13.7 Å². The minimum Gasteiger partial charge on any atom is -0.497 e. The number of hydrogen-bond donors (Lipinski definition) is 1. The van der Waals surface area contributed by atoms with E-state index in [4.69, 9.17) is 4.74 Å². The topological polar surface area (TPSA) is 67.6 Å². The van der Waals surface area contributed by atoms with Crippen LogP contribution >= 0.6 is 0 Å². The van der Waals surface area contributed by atoms with Crippen LogP contribution in [0.15, 0.2) is 78.9 Å². The SMILES string of the molecule is COc1ccc(-n2nc(C(F)F)cc2-c2ccc(CCN3C(=O)c4ccccc4C3O)cc2)cc1. The average Bonchev–Trinajstić information content (AvgIpc) is 3.44. The van der Waals surface area contributed by atoms with Crippen molar-refractivity contribution in [2.45, 2.75) is 19.1 Å². The van der Waals surface area contributed by atoms with Crippen molar-refractivity contribution in [3.05, 3.63) is 101 Å². The molecule has 1 aliphatic heterocycles. The standard InChI is InChI=1S/C27H23F2N3O3/c1-35-20-12-10-19(11-13-20)32-24(16-23(30-32)25(28)29)18-8-6-17(7-9-18)14-15-31-26(33)21-4-2-3-5-22(21)27(31)34/h2-13,16,25-26,33H,14-15H2,1H3. The molecule has 1 aromatic heterocycles. The molecule has 1 N–H and O–H groups in total. The zero-order valence-electron chi connectivity index (χ0n) is 18.9. The molecule has 5 rings (SSSR count). The Hall–Kier alpha value is -4.04. The van der Waals surface area contributed by atoms with Gasteiger partial charge in [-0.2, -0.15) is 5.10 Å². The first-order chi connectivity index (χ1) is 17.0. The molecule has 0 fully saturated rings. The number of alkyl halides is 2. The van der Waals surface area contributed by atoms with E-state index in [2.05, 4.69) is 5.10 Å². The zero-order valence-corrected chi connectivity index (χ0v) is 18.9. The fraction of sp³-hybridized carbons (Fsp3) is 0.185. The predicted octanol–water partition coefficient (Wildman–Crippen LogP) is 5.17. The third-order valence-corrected chi connectivity index (χ3v) is 6.19. The van der Waals surface area contributed by atoms with E-state index in [9.17, 15) is 18.7 Å². The third kappa shape index (κ3) is 4.28. The molecular formula is C27H23F2N3O3. The van der Waals surface area contributed by atoms with Crippen LogP contribution in [0.4, 0.5) is 8.78 Å². The van der Waals surface area contributed by atoms with Crippen LogP contribution in [0, 0.1) is 0 Å². The lowest BCUT2D eigenvalue weighted by molar-refractivity contribution is 0.0182. The minimum atomic E-state index is -2.69. The molecular weight excluding hydrogens is 452 g/mol. The van der Waals surface area contributed by atoms with Crippen LogP contribution in [0.25, 0.3) is 16.9 Å². The number of carbonyl (C=O) groups is 1. The Labute approximate surface area is 201 Å². The number of ether oxygens (including phenoxy) is 1. The lowest BCUT2D eigenvalue weighted by atomic mass is 10.1. The van der Waals surface area contributed by atoms with E-state index < -0.39 is 12.7 Å². The van der Waals surface area contributed by atoms with Gasteiger partial charge < -0.3 is 14.7 Å². The second-order valence-corrected chi connectivity index (χ2v) is 8.27. The molecule has 4 aromatic rings. The molecule has 1 aliphatic rings. The van der Waals surface area contributed by atoms with Crippen molar-refractivity contribution in [2.24, 2.45) is 0 Å². The summed E-state index contributed by atoms with van der Waals surface area (Å²) in [6.45, 7) is 0.355. The summed E-state index contributed by atoms with van der Waals surface area (Å²) in [4.78, 5) is 14.1. The third-order valence-electron chi connectivity index (χ3n) is 6.19. The van der Waals surface area contributed by atoms with E-state index in [1.54, 1.807) is 55.6 Å². The quantitative estimate of drug-likeness (QED) is 0.400. The van der Waals surface area contributed by atoms with Crippen molar-refractivity contribution >= 4 is 5.91 Å². The highest BCUT2D eigenvalue weighted by molar-refractivity contribution is 5.98. The summed E-state index contributed by atoms with van der Waals surface area (Å²) in [6.07, 6.45) is -3.11. The smallest absolute Gasteiger partial charge is 0.282 e. The molecule has 0 spiro atoms. The largest absolute Gasteiger partial charge is 0.497 e. The molecule has 0 radical (unpaired) electrons. The number of rotatable bonds is 7. The van der Waals surface area contributed by atoms with Crippen LogP contribution in [0.1, 0.15) is 39.8 Å². The molecule has 8 heteroatoms. The lowest BCUT2D eigenvalue weighted by Crippen LogP contribution is -2.30. The fourth-order valence-corrected chi connectivity index (χ4v) is 4.30. The fourth-order valence-electron chi connectivity index (χ4n) is 4.30. The molecule has 35 heavy (non-hydrogen) atoms. The van der Waals surface area contributed by atoms with E-state index in [1.807, 2.05) is 24.3 Å². The highest BCUT2D eigenvalue weighted by atomic mass is 19.3. The number of benzene rings is 3. The van der Waals surface area contributed by atoms with Crippen molar-refractivity contribution < 1.29 is 23.4 Å². The van der Waals surface area contributed by atoms with Crippen molar-refractivity contribution in [1.82, 2.24) is 14.7 Å². The van der Waals surface area contributed by atoms with Crippen molar-refractivity contribution in [3.63, 3.8) is 0 Å². The number of amides is 1. The number of carbonyl (C=O) groups excluding carboxylic acids is 1. The molecule has 3 aromatic carbocycles. The molecule has 0 saturated carbocycles. The van der Waals surface area contributed by atoms with Crippen molar-refractivity contribution in [1.29, 1.82) is 0 Å². The van der Waals surface area contributed by atoms with Gasteiger partial charge in [0.15, 0.2) is 6.23 Å². The summed E-state index contributed by atoms with van der Waals surface area (Å²) >= 11 is 0. The number of aliphatic hydroxyl groups is 1. The van der Waals surface area contributed by atoms with E-state index in [-0.39, 0.29) is 11.6 Å². The number of hydrogen-bond acceptors (Lipinski definition) is 4. The summed E-state index contributed by atoms with van der Waals surface area (Å²) in [6, 6.07) is 22.9. The molecule has 0 bridgehead atoms. The summed E-state index contributed by atoms with van der Waals surface area (Å²) in [5.41, 5.74) is 3.70. The Balaban J connectivity index is 1.36. The molecule has 2 heterocycles. The summed E-state index contributed by atoms with van der Waals surface area (Å²) in [5, 5.41) is 14.6. The Kier molecular flexibility index (Phi) is 6.05. The lowest BCUT2D eigenvalue weighted by Gasteiger charge is -2.20. The van der Waals surface area contributed by atoms with Gasteiger partial charge in [-0.1, -0.05) is 42.5 Å². The minimum absolute atomic E-state index is 0.187. The van der Waals surface area contributed by atoms with Crippen LogP contribution in [0.3, 0.4) is 0 Å². The summed E-state index contributed by atoms with van der Waals surface area (Å²) in [7, 11) is 1.56. The van der Waals surface area contributed by atoms with Crippen LogP contribution in [-0.4, -0.2) is 39.3 Å². The van der Waals surface area contributed by atoms with Gasteiger partial charge in [-0.25, -0.2) is 13.5 Å². The summed E-state index contributed by atoms with van der Waals surface area (Å²) < 4.78 is 33.5. The number of fused-ring (bicyclic) bond motifs is 1. The van der Waals surface area contributed by atoms with Gasteiger partial charge in [-0.3, -0.25) is 4.79 Å². The van der Waals surface area contributed by atoms with Crippen molar-refractivity contribution in [3.8, 4) is 22.7 Å². The molecule has 178 valence electrons. The van der Waals surface area contributed by atoms with E-state index in [0.717, 1.165) is 11.1 Å². The van der Waals surface area contributed by atoms with E-state index in [0.29, 0.717) is 41.2 Å². The highest BCUT2D eigenvalue weighted by Gasteiger charge is 2.34. The first kappa shape index (κ1) is 22.7. The maximum absolute atomic E-state index is 13.4. The van der Waals surface area contributed by atoms with Gasteiger partial charge in [0.25, 0.3) is 12.3 Å². The van der Waals surface area contributed by atoms with Gasteiger partial charge in [-0.05, 0) is 48.4 Å². The normalized spacial score (nSPS) is 15.1. The molecule has 0 aliphatic carbocycles. The van der Waals surface area contributed by atoms with Gasteiger partial charge in [0.05, 0.1) is 18.5 Å². The first-order valence-corrected chi connectivity index (χ1v) is 11.2. The van der Waals surface area contributed by atoms with Crippen LogP contribution < -0.4 is 4.74 Å². The van der Waals surface area contributed by atoms with E-state index in [1.165, 1.54) is 15.6 Å². The molecule has 1 amide bonds. The Morgan fingerprint density at radius 1 is 1.03 bits per heavy atom. The maximum atomic E-state index is 13.4. The monoisotopic (exact) mass is 475 g/mol. The van der Waals surface area contributed by atoms with Gasteiger partial charge in [0, 0.05) is 23.2 Å². The van der Waals surface area contributed by atoms with Gasteiger partial charge >= 0.3 is 0 Å². The highest BCUT2D eigenvalue weighted by Crippen LogP contribution is 2.32. The summed E-state index contributed by atoms with van der Waals surface area (Å²) in [5.74, 6) is 0.471. The molecule has 6 nitrogen and oxygen atoms in total. The molecule has 1 atom stereocenters. The number of aromatic nitrogens is 2.